The summed E-state index contributed by atoms with van der Waals surface area (Å²) in [7, 11) is 2.09. The monoisotopic (exact) mass is 293 g/mol. The Morgan fingerprint density at radius 3 is 2.36 bits per heavy atom. The minimum atomic E-state index is 0.280. The van der Waals surface area contributed by atoms with Crippen LogP contribution >= 0.6 is 0 Å². The molecule has 0 radical (unpaired) electrons. The van der Waals surface area contributed by atoms with Crippen LogP contribution in [-0.4, -0.2) is 18.0 Å². The van der Waals surface area contributed by atoms with Crippen LogP contribution in [0.2, 0.25) is 0 Å². The highest BCUT2D eigenvalue weighted by atomic mass is 15.1. The van der Waals surface area contributed by atoms with Crippen molar-refractivity contribution in [2.45, 2.75) is 26.8 Å². The number of hydrogen-bond acceptors (Lipinski definition) is 1. The van der Waals surface area contributed by atoms with Crippen LogP contribution in [-0.2, 0) is 0 Å². The van der Waals surface area contributed by atoms with Gasteiger partial charge in [-0.15, -0.1) is 0 Å². The number of rotatable bonds is 7. The first-order chi connectivity index (χ1) is 10.5. The number of hydrogen-bond donors (Lipinski definition) is 0. The zero-order valence-electron chi connectivity index (χ0n) is 14.2. The number of nitrogens with zero attached hydrogens (tertiary/aromatic N) is 1. The molecule has 0 bridgehead atoms. The maximum absolute atomic E-state index is 4.15. The molecule has 1 aromatic rings. The van der Waals surface area contributed by atoms with E-state index in [1.165, 1.54) is 5.56 Å². The van der Waals surface area contributed by atoms with Gasteiger partial charge in [0.1, 0.15) is 0 Å². The summed E-state index contributed by atoms with van der Waals surface area (Å²) < 4.78 is 0. The summed E-state index contributed by atoms with van der Waals surface area (Å²) in [4.78, 5) is 2.22. The van der Waals surface area contributed by atoms with Crippen LogP contribution in [0.4, 0.5) is 0 Å². The highest BCUT2D eigenvalue weighted by Crippen LogP contribution is 2.16. The SMILES string of the molecule is C=C/C=C\C(=C/C)N(C)C(C)/C=C\C(=C)c1ccc(C)cc1. The lowest BCUT2D eigenvalue weighted by Crippen LogP contribution is -2.25. The summed E-state index contributed by atoms with van der Waals surface area (Å²) in [5.41, 5.74) is 4.62. The van der Waals surface area contributed by atoms with Crippen molar-refractivity contribution in [3.05, 3.63) is 90.7 Å². The van der Waals surface area contributed by atoms with E-state index in [9.17, 15) is 0 Å². The Morgan fingerprint density at radius 1 is 1.18 bits per heavy atom. The van der Waals surface area contributed by atoms with Gasteiger partial charge in [0.25, 0.3) is 0 Å². The van der Waals surface area contributed by atoms with Crippen molar-refractivity contribution in [3.8, 4) is 0 Å². The maximum Gasteiger partial charge on any atom is 0.0444 e. The van der Waals surface area contributed by atoms with Gasteiger partial charge in [0.05, 0.1) is 0 Å². The van der Waals surface area contributed by atoms with Crippen molar-refractivity contribution in [2.75, 3.05) is 7.05 Å². The van der Waals surface area contributed by atoms with Crippen LogP contribution in [0.3, 0.4) is 0 Å². The highest BCUT2D eigenvalue weighted by molar-refractivity contribution is 5.72. The lowest BCUT2D eigenvalue weighted by molar-refractivity contribution is 0.384. The zero-order chi connectivity index (χ0) is 16.5. The van der Waals surface area contributed by atoms with Gasteiger partial charge in [0, 0.05) is 18.8 Å². The van der Waals surface area contributed by atoms with Gasteiger partial charge < -0.3 is 4.90 Å². The van der Waals surface area contributed by atoms with Gasteiger partial charge in [-0.3, -0.25) is 0 Å². The molecule has 0 aliphatic heterocycles. The summed E-state index contributed by atoms with van der Waals surface area (Å²) in [5, 5.41) is 0. The van der Waals surface area contributed by atoms with Crippen LogP contribution in [0, 0.1) is 6.92 Å². The summed E-state index contributed by atoms with van der Waals surface area (Å²) in [5.74, 6) is 0. The van der Waals surface area contributed by atoms with Gasteiger partial charge in [-0.05, 0) is 38.0 Å². The third kappa shape index (κ3) is 5.25. The molecule has 1 atom stereocenters. The van der Waals surface area contributed by atoms with E-state index >= 15 is 0 Å². The molecule has 1 nitrogen and oxygen atoms in total. The van der Waals surface area contributed by atoms with Crippen LogP contribution < -0.4 is 0 Å². The van der Waals surface area contributed by atoms with E-state index < -0.39 is 0 Å². The first-order valence-electron chi connectivity index (χ1n) is 7.62. The van der Waals surface area contributed by atoms with E-state index in [1.807, 2.05) is 13.0 Å². The molecule has 0 aliphatic carbocycles. The summed E-state index contributed by atoms with van der Waals surface area (Å²) in [6.45, 7) is 14.2. The number of benzene rings is 1. The Labute approximate surface area is 135 Å². The van der Waals surface area contributed by atoms with Crippen LogP contribution in [0.15, 0.2) is 79.6 Å². The molecule has 1 unspecified atom stereocenters. The van der Waals surface area contributed by atoms with Gasteiger partial charge in [-0.1, -0.05) is 73.4 Å². The standard InChI is InChI=1S/C21H27N/c1-7-9-10-21(8-2)22(6)19(5)14-13-18(4)20-15-11-17(3)12-16-20/h7-16,19H,1,4H2,2-3,5-6H3/b10-9-,14-13-,21-8+. The van der Waals surface area contributed by atoms with Crippen molar-refractivity contribution >= 4 is 5.57 Å². The van der Waals surface area contributed by atoms with Crippen molar-refractivity contribution in [3.63, 3.8) is 0 Å². The topological polar surface area (TPSA) is 3.24 Å². The third-order valence-corrected chi connectivity index (χ3v) is 3.72. The molecule has 0 saturated carbocycles. The predicted octanol–water partition coefficient (Wildman–Crippen LogP) is 5.53. The van der Waals surface area contributed by atoms with E-state index in [0.29, 0.717) is 0 Å². The lowest BCUT2D eigenvalue weighted by atomic mass is 10.0. The molecule has 0 fully saturated rings. The first kappa shape index (κ1) is 17.8. The van der Waals surface area contributed by atoms with E-state index in [0.717, 1.165) is 16.8 Å². The van der Waals surface area contributed by atoms with Crippen molar-refractivity contribution in [1.82, 2.24) is 4.90 Å². The van der Waals surface area contributed by atoms with Crippen LogP contribution in [0.5, 0.6) is 0 Å². The maximum atomic E-state index is 4.15. The van der Waals surface area contributed by atoms with Crippen molar-refractivity contribution in [1.29, 1.82) is 0 Å². The number of aryl methyl sites for hydroxylation is 1. The fraction of sp³-hybridized carbons (Fsp3) is 0.238. The van der Waals surface area contributed by atoms with Crippen LogP contribution in [0.25, 0.3) is 5.57 Å². The Balaban J connectivity index is 2.75. The summed E-state index contributed by atoms with van der Waals surface area (Å²) in [6.07, 6.45) is 12.2. The summed E-state index contributed by atoms with van der Waals surface area (Å²) in [6, 6.07) is 8.73. The largest absolute Gasteiger partial charge is 0.369 e. The molecule has 0 spiro atoms. The van der Waals surface area contributed by atoms with Gasteiger partial charge in [0.2, 0.25) is 0 Å². The Morgan fingerprint density at radius 2 is 1.82 bits per heavy atom. The number of allylic oxidation sites excluding steroid dienone is 6. The minimum absolute atomic E-state index is 0.280. The zero-order valence-corrected chi connectivity index (χ0v) is 14.2. The molecule has 1 heteroatoms. The first-order valence-corrected chi connectivity index (χ1v) is 7.62. The van der Waals surface area contributed by atoms with Crippen LogP contribution in [0.1, 0.15) is 25.0 Å². The Kier molecular flexibility index (Phi) is 7.18. The molecule has 0 saturated heterocycles. The quantitative estimate of drug-likeness (QED) is 0.597. The molecule has 1 aromatic carbocycles. The molecule has 22 heavy (non-hydrogen) atoms. The van der Waals surface area contributed by atoms with E-state index in [4.69, 9.17) is 0 Å². The molecule has 0 heterocycles. The third-order valence-electron chi connectivity index (χ3n) is 3.72. The van der Waals surface area contributed by atoms with E-state index in [2.05, 4.69) is 87.5 Å². The second-order valence-corrected chi connectivity index (χ2v) is 5.41. The Bertz CT molecular complexity index is 585. The molecule has 0 amide bonds. The highest BCUT2D eigenvalue weighted by Gasteiger charge is 2.06. The van der Waals surface area contributed by atoms with Gasteiger partial charge in [-0.25, -0.2) is 0 Å². The second kappa shape index (κ2) is 8.89. The molecule has 116 valence electrons. The normalized spacial score (nSPS) is 13.5. The predicted molar refractivity (Wildman–Crippen MR) is 99.7 cm³/mol. The van der Waals surface area contributed by atoms with Gasteiger partial charge in [0.15, 0.2) is 0 Å². The van der Waals surface area contributed by atoms with E-state index in [-0.39, 0.29) is 6.04 Å². The minimum Gasteiger partial charge on any atom is -0.369 e. The summed E-state index contributed by atoms with van der Waals surface area (Å²) >= 11 is 0. The molecule has 0 N–H and O–H groups in total. The average molecular weight is 293 g/mol. The fourth-order valence-electron chi connectivity index (χ4n) is 2.07. The van der Waals surface area contributed by atoms with Gasteiger partial charge in [-0.2, -0.15) is 0 Å². The van der Waals surface area contributed by atoms with Crippen molar-refractivity contribution in [2.24, 2.45) is 0 Å². The van der Waals surface area contributed by atoms with E-state index in [1.54, 1.807) is 6.08 Å². The van der Waals surface area contributed by atoms with Crippen molar-refractivity contribution < 1.29 is 0 Å². The fourth-order valence-corrected chi connectivity index (χ4v) is 2.07. The average Bonchev–Trinajstić information content (AvgIpc) is 2.53. The molecular formula is C21H27N. The molecular weight excluding hydrogens is 266 g/mol. The molecule has 1 rings (SSSR count). The lowest BCUT2D eigenvalue weighted by Gasteiger charge is -2.25. The molecule has 0 aliphatic rings. The smallest absolute Gasteiger partial charge is 0.0444 e. The second-order valence-electron chi connectivity index (χ2n) is 5.41. The Hall–Kier alpha value is -2.28. The molecule has 0 aromatic heterocycles. The number of likely N-dealkylation sites (N-methyl/N-ethyl adjacent to an activating group) is 1. The van der Waals surface area contributed by atoms with Gasteiger partial charge >= 0.3 is 0 Å².